The first-order valence-corrected chi connectivity index (χ1v) is 11.9. The van der Waals surface area contributed by atoms with Crippen LogP contribution in [0.5, 0.6) is 0 Å². The Balaban J connectivity index is 1.50. The van der Waals surface area contributed by atoms with Crippen molar-refractivity contribution in [3.63, 3.8) is 0 Å². The van der Waals surface area contributed by atoms with E-state index in [2.05, 4.69) is 15.2 Å². The molecule has 0 aliphatic rings. The Labute approximate surface area is 184 Å². The summed E-state index contributed by atoms with van der Waals surface area (Å²) in [6.45, 7) is 3.95. The van der Waals surface area contributed by atoms with E-state index in [9.17, 15) is 4.79 Å². The van der Waals surface area contributed by atoms with E-state index in [0.717, 1.165) is 31.9 Å². The van der Waals surface area contributed by atoms with Crippen LogP contribution in [-0.4, -0.2) is 24.7 Å². The quantitative estimate of drug-likeness (QED) is 0.359. The molecule has 0 saturated carbocycles. The molecule has 0 saturated heterocycles. The van der Waals surface area contributed by atoms with E-state index in [4.69, 9.17) is 4.98 Å². The number of H-pyrrole nitrogens is 1. The molecule has 1 N–H and O–H groups in total. The summed E-state index contributed by atoms with van der Waals surface area (Å²) in [4.78, 5) is 22.5. The number of aromatic nitrogens is 5. The van der Waals surface area contributed by atoms with Crippen LogP contribution in [0.4, 0.5) is 0 Å². The van der Waals surface area contributed by atoms with E-state index in [1.807, 2.05) is 71.6 Å². The fraction of sp³-hybridized carbons (Fsp3) is 0.143. The number of thioether (sulfide) groups is 1. The van der Waals surface area contributed by atoms with Gasteiger partial charge >= 0.3 is 0 Å². The lowest BCUT2D eigenvalue weighted by Gasteiger charge is -2.12. The largest absolute Gasteiger partial charge is 0.309 e. The van der Waals surface area contributed by atoms with Gasteiger partial charge in [-0.1, -0.05) is 36.0 Å². The van der Waals surface area contributed by atoms with Gasteiger partial charge < -0.3 is 4.98 Å². The number of aromatic amines is 1. The third-order valence-electron chi connectivity index (χ3n) is 4.73. The molecule has 0 fully saturated rings. The molecule has 1 unspecified atom stereocenters. The lowest BCUT2D eigenvalue weighted by molar-refractivity contribution is 0.851. The van der Waals surface area contributed by atoms with Gasteiger partial charge in [-0.25, -0.2) is 4.98 Å². The van der Waals surface area contributed by atoms with Gasteiger partial charge in [0, 0.05) is 21.5 Å². The van der Waals surface area contributed by atoms with Crippen molar-refractivity contribution in [3.05, 3.63) is 75.2 Å². The number of fused-ring (bicyclic) bond motifs is 1. The molecule has 0 radical (unpaired) electrons. The van der Waals surface area contributed by atoms with E-state index < -0.39 is 0 Å². The maximum Gasteiger partial charge on any atom is 0.260 e. The Hall–Kier alpha value is -2.75. The van der Waals surface area contributed by atoms with Crippen molar-refractivity contribution in [1.29, 1.82) is 0 Å². The van der Waals surface area contributed by atoms with E-state index in [-0.39, 0.29) is 10.8 Å². The molecule has 6 nitrogen and oxygen atoms in total. The molecule has 0 aliphatic heterocycles. The number of nitrogens with one attached hydrogen (secondary N) is 1. The highest BCUT2D eigenvalue weighted by molar-refractivity contribution is 7.99. The van der Waals surface area contributed by atoms with Gasteiger partial charge in [-0.2, -0.15) is 0 Å². The monoisotopic (exact) mass is 451 g/mol. The van der Waals surface area contributed by atoms with Gasteiger partial charge in [0.25, 0.3) is 5.56 Å². The highest BCUT2D eigenvalue weighted by Gasteiger charge is 2.20. The summed E-state index contributed by atoms with van der Waals surface area (Å²) in [5, 5.41) is 13.9. The minimum atomic E-state index is -0.104. The van der Waals surface area contributed by atoms with Crippen LogP contribution in [0.3, 0.4) is 0 Å². The Morgan fingerprint density at radius 3 is 2.70 bits per heavy atom. The van der Waals surface area contributed by atoms with Crippen molar-refractivity contribution in [1.82, 2.24) is 24.7 Å². The Kier molecular flexibility index (Phi) is 5.01. The maximum absolute atomic E-state index is 12.9. The number of hydrogen-bond acceptors (Lipinski definition) is 7. The number of benzene rings is 1. The molecule has 30 heavy (non-hydrogen) atoms. The van der Waals surface area contributed by atoms with Crippen LogP contribution in [0.1, 0.15) is 23.8 Å². The van der Waals surface area contributed by atoms with Gasteiger partial charge in [0.2, 0.25) is 0 Å². The van der Waals surface area contributed by atoms with Gasteiger partial charge in [-0.05, 0) is 37.4 Å². The first-order valence-electron chi connectivity index (χ1n) is 9.31. The number of hydrogen-bond donors (Lipinski definition) is 1. The van der Waals surface area contributed by atoms with Crippen LogP contribution >= 0.6 is 34.4 Å². The van der Waals surface area contributed by atoms with E-state index in [0.29, 0.717) is 11.2 Å². The summed E-state index contributed by atoms with van der Waals surface area (Å²) < 4.78 is 2.01. The van der Waals surface area contributed by atoms with Gasteiger partial charge in [0.1, 0.15) is 16.5 Å². The molecule has 9 heteroatoms. The SMILES string of the molecule is Cc1nnc(SC(C)c2nc3scc(-c4cccs4)c3c(=O)[nH]2)n1-c1ccccc1. The third kappa shape index (κ3) is 3.38. The van der Waals surface area contributed by atoms with Crippen LogP contribution in [0, 0.1) is 6.92 Å². The summed E-state index contributed by atoms with van der Waals surface area (Å²) in [6.07, 6.45) is 0. The summed E-state index contributed by atoms with van der Waals surface area (Å²) in [6, 6.07) is 14.0. The number of para-hydroxylation sites is 1. The molecule has 1 aromatic carbocycles. The molecule has 0 aliphatic carbocycles. The second-order valence-electron chi connectivity index (χ2n) is 6.72. The van der Waals surface area contributed by atoms with Crippen LogP contribution < -0.4 is 5.56 Å². The summed E-state index contributed by atoms with van der Waals surface area (Å²) in [5.74, 6) is 1.45. The first kappa shape index (κ1) is 19.2. The Morgan fingerprint density at radius 2 is 1.93 bits per heavy atom. The van der Waals surface area contributed by atoms with Gasteiger partial charge in [-0.3, -0.25) is 9.36 Å². The standard InChI is InChI=1S/C21H17N5OS3/c1-12(30-21-25-24-13(2)26(21)14-7-4-3-5-8-14)18-22-19(27)17-15(11-29-20(17)23-18)16-9-6-10-28-16/h3-12H,1-2H3,(H,22,23,27). The highest BCUT2D eigenvalue weighted by atomic mass is 32.2. The van der Waals surface area contributed by atoms with E-state index in [1.165, 1.54) is 23.1 Å². The van der Waals surface area contributed by atoms with Crippen LogP contribution in [0.15, 0.2) is 63.2 Å². The molecule has 1 atom stereocenters. The van der Waals surface area contributed by atoms with Crippen molar-refractivity contribution in [2.24, 2.45) is 0 Å². The Bertz CT molecular complexity index is 1370. The summed E-state index contributed by atoms with van der Waals surface area (Å²) in [5.41, 5.74) is 1.85. The second-order valence-corrected chi connectivity index (χ2v) is 9.83. The third-order valence-corrected chi connectivity index (χ3v) is 7.55. The van der Waals surface area contributed by atoms with Crippen molar-refractivity contribution >= 4 is 44.7 Å². The van der Waals surface area contributed by atoms with Crippen molar-refractivity contribution < 1.29 is 0 Å². The molecular weight excluding hydrogens is 434 g/mol. The Morgan fingerprint density at radius 1 is 1.10 bits per heavy atom. The van der Waals surface area contributed by atoms with Crippen LogP contribution in [-0.2, 0) is 0 Å². The number of thiophene rings is 2. The average Bonchev–Trinajstić information content (AvgIpc) is 3.48. The minimum absolute atomic E-state index is 0.0968. The van der Waals surface area contributed by atoms with Gasteiger partial charge in [-0.15, -0.1) is 32.9 Å². The smallest absolute Gasteiger partial charge is 0.260 e. The maximum atomic E-state index is 12.9. The molecule has 5 aromatic rings. The average molecular weight is 452 g/mol. The predicted octanol–water partition coefficient (Wildman–Crippen LogP) is 5.46. The summed E-state index contributed by atoms with van der Waals surface area (Å²) in [7, 11) is 0. The minimum Gasteiger partial charge on any atom is -0.309 e. The molecule has 0 spiro atoms. The van der Waals surface area contributed by atoms with Crippen molar-refractivity contribution in [3.8, 4) is 16.1 Å². The van der Waals surface area contributed by atoms with Gasteiger partial charge in [0.05, 0.1) is 10.6 Å². The topological polar surface area (TPSA) is 76.5 Å². The number of aryl methyl sites for hydroxylation is 1. The number of rotatable bonds is 5. The normalized spacial score (nSPS) is 12.5. The molecule has 5 rings (SSSR count). The molecule has 4 aromatic heterocycles. The summed E-state index contributed by atoms with van der Waals surface area (Å²) >= 11 is 4.65. The zero-order chi connectivity index (χ0) is 20.7. The van der Waals surface area contributed by atoms with E-state index >= 15 is 0 Å². The lowest BCUT2D eigenvalue weighted by Crippen LogP contribution is -2.12. The van der Waals surface area contributed by atoms with Crippen LogP contribution in [0.2, 0.25) is 0 Å². The van der Waals surface area contributed by atoms with Crippen molar-refractivity contribution in [2.75, 3.05) is 0 Å². The molecule has 150 valence electrons. The lowest BCUT2D eigenvalue weighted by atomic mass is 10.2. The first-order chi connectivity index (χ1) is 14.6. The molecule has 4 heterocycles. The number of nitrogens with zero attached hydrogens (tertiary/aromatic N) is 4. The fourth-order valence-electron chi connectivity index (χ4n) is 3.28. The van der Waals surface area contributed by atoms with E-state index in [1.54, 1.807) is 11.3 Å². The highest BCUT2D eigenvalue weighted by Crippen LogP contribution is 2.36. The second kappa shape index (κ2) is 7.82. The molecule has 0 amide bonds. The fourth-order valence-corrected chi connectivity index (χ4v) is 6.02. The molecular formula is C21H17N5OS3. The molecule has 0 bridgehead atoms. The van der Waals surface area contributed by atoms with Crippen LogP contribution in [0.25, 0.3) is 26.3 Å². The van der Waals surface area contributed by atoms with Crippen molar-refractivity contribution in [2.45, 2.75) is 24.3 Å². The zero-order valence-electron chi connectivity index (χ0n) is 16.2. The van der Waals surface area contributed by atoms with Gasteiger partial charge in [0.15, 0.2) is 5.16 Å². The predicted molar refractivity (Wildman–Crippen MR) is 124 cm³/mol. The zero-order valence-corrected chi connectivity index (χ0v) is 18.6.